The molecular formula is C23H25FN6O. The van der Waals surface area contributed by atoms with Gasteiger partial charge in [-0.2, -0.15) is 0 Å². The topological polar surface area (TPSA) is 67.2 Å². The molecule has 0 N–H and O–H groups in total. The van der Waals surface area contributed by atoms with E-state index in [-0.39, 0.29) is 11.7 Å². The van der Waals surface area contributed by atoms with Crippen LogP contribution >= 0.6 is 0 Å². The third kappa shape index (κ3) is 3.89. The first-order chi connectivity index (χ1) is 15.2. The lowest BCUT2D eigenvalue weighted by atomic mass is 10.1. The lowest BCUT2D eigenvalue weighted by molar-refractivity contribution is 0.0739. The van der Waals surface area contributed by atoms with Crippen molar-refractivity contribution in [2.24, 2.45) is 0 Å². The number of piperazine rings is 1. The molecule has 0 atom stereocenters. The molecule has 2 aliphatic heterocycles. The molecule has 0 bridgehead atoms. The highest BCUT2D eigenvalue weighted by Crippen LogP contribution is 2.28. The highest BCUT2D eigenvalue weighted by atomic mass is 19.1. The van der Waals surface area contributed by atoms with Crippen molar-refractivity contribution in [2.75, 3.05) is 31.1 Å². The van der Waals surface area contributed by atoms with E-state index in [9.17, 15) is 9.18 Å². The summed E-state index contributed by atoms with van der Waals surface area (Å²) in [6.45, 7) is 3.36. The van der Waals surface area contributed by atoms with E-state index in [0.717, 1.165) is 37.9 Å². The molecule has 2 aliphatic rings. The normalized spacial score (nSPS) is 16.7. The molecule has 1 saturated heterocycles. The molecule has 8 heteroatoms. The molecular weight excluding hydrogens is 395 g/mol. The second-order valence-corrected chi connectivity index (χ2v) is 8.03. The van der Waals surface area contributed by atoms with Crippen LogP contribution in [0.15, 0.2) is 42.7 Å². The van der Waals surface area contributed by atoms with E-state index in [1.165, 1.54) is 12.1 Å². The van der Waals surface area contributed by atoms with Crippen molar-refractivity contribution in [1.29, 1.82) is 0 Å². The number of aromatic nitrogens is 4. The number of anilines is 1. The maximum Gasteiger partial charge on any atom is 0.274 e. The van der Waals surface area contributed by atoms with Crippen LogP contribution in [0.5, 0.6) is 0 Å². The summed E-state index contributed by atoms with van der Waals surface area (Å²) in [5.74, 6) is 1.05. The zero-order valence-corrected chi connectivity index (χ0v) is 17.4. The molecule has 4 heterocycles. The summed E-state index contributed by atoms with van der Waals surface area (Å²) in [4.78, 5) is 30.8. The molecule has 1 amide bonds. The van der Waals surface area contributed by atoms with Crippen molar-refractivity contribution < 1.29 is 9.18 Å². The Morgan fingerprint density at radius 1 is 0.935 bits per heavy atom. The van der Waals surface area contributed by atoms with Gasteiger partial charge in [-0.3, -0.25) is 4.79 Å². The summed E-state index contributed by atoms with van der Waals surface area (Å²) in [6, 6.07) is 8.26. The zero-order chi connectivity index (χ0) is 21.2. The van der Waals surface area contributed by atoms with Crippen LogP contribution in [0.25, 0.3) is 11.4 Å². The van der Waals surface area contributed by atoms with Gasteiger partial charge in [0.05, 0.1) is 5.69 Å². The van der Waals surface area contributed by atoms with Crippen molar-refractivity contribution in [1.82, 2.24) is 24.4 Å². The minimum absolute atomic E-state index is 0.0399. The number of halogens is 1. The fourth-order valence-corrected chi connectivity index (χ4v) is 4.45. The van der Waals surface area contributed by atoms with Crippen molar-refractivity contribution in [3.63, 3.8) is 0 Å². The number of hydrogen-bond donors (Lipinski definition) is 0. The zero-order valence-electron chi connectivity index (χ0n) is 17.4. The average Bonchev–Trinajstić information content (AvgIpc) is 3.00. The second-order valence-electron chi connectivity index (χ2n) is 8.03. The van der Waals surface area contributed by atoms with Crippen molar-refractivity contribution >= 4 is 11.9 Å². The number of amides is 1. The van der Waals surface area contributed by atoms with Gasteiger partial charge in [0.2, 0.25) is 5.95 Å². The van der Waals surface area contributed by atoms with E-state index in [0.29, 0.717) is 49.2 Å². The summed E-state index contributed by atoms with van der Waals surface area (Å²) in [5, 5.41) is 0. The quantitative estimate of drug-likeness (QED) is 0.651. The van der Waals surface area contributed by atoms with Crippen molar-refractivity contribution in [3.8, 4) is 11.4 Å². The third-order valence-corrected chi connectivity index (χ3v) is 6.06. The summed E-state index contributed by atoms with van der Waals surface area (Å²) < 4.78 is 16.0. The lowest BCUT2D eigenvalue weighted by Gasteiger charge is -2.34. The first kappa shape index (κ1) is 19.7. The molecule has 0 radical (unpaired) electrons. The molecule has 0 unspecified atom stereocenters. The average molecular weight is 420 g/mol. The predicted octanol–water partition coefficient (Wildman–Crippen LogP) is 3.17. The molecule has 5 rings (SSSR count). The predicted molar refractivity (Wildman–Crippen MR) is 115 cm³/mol. The van der Waals surface area contributed by atoms with Crippen LogP contribution < -0.4 is 4.90 Å². The Morgan fingerprint density at radius 2 is 1.74 bits per heavy atom. The van der Waals surface area contributed by atoms with Crippen LogP contribution in [0.4, 0.5) is 10.3 Å². The Kier molecular flexibility index (Phi) is 5.36. The van der Waals surface area contributed by atoms with Gasteiger partial charge in [0, 0.05) is 50.7 Å². The van der Waals surface area contributed by atoms with Gasteiger partial charge in [-0.25, -0.2) is 19.3 Å². The van der Waals surface area contributed by atoms with E-state index in [4.69, 9.17) is 4.98 Å². The fourth-order valence-electron chi connectivity index (χ4n) is 4.45. The van der Waals surface area contributed by atoms with E-state index in [1.807, 2.05) is 11.0 Å². The maximum absolute atomic E-state index is 13.9. The van der Waals surface area contributed by atoms with Crippen molar-refractivity contribution in [3.05, 3.63) is 59.9 Å². The number of fused-ring (bicyclic) bond motifs is 1. The highest BCUT2D eigenvalue weighted by molar-refractivity contribution is 5.94. The number of imidazole rings is 1. The fraction of sp³-hybridized carbons (Fsp3) is 0.391. The second kappa shape index (κ2) is 8.45. The molecule has 2 aromatic heterocycles. The Labute approximate surface area is 180 Å². The van der Waals surface area contributed by atoms with Crippen molar-refractivity contribution in [2.45, 2.75) is 32.2 Å². The minimum Gasteiger partial charge on any atom is -0.337 e. The molecule has 160 valence electrons. The van der Waals surface area contributed by atoms with E-state index < -0.39 is 0 Å². The summed E-state index contributed by atoms with van der Waals surface area (Å²) >= 11 is 0. The Bertz CT molecular complexity index is 1070. The monoisotopic (exact) mass is 420 g/mol. The largest absolute Gasteiger partial charge is 0.337 e. The van der Waals surface area contributed by atoms with Gasteiger partial charge < -0.3 is 14.4 Å². The Morgan fingerprint density at radius 3 is 2.52 bits per heavy atom. The van der Waals surface area contributed by atoms with Gasteiger partial charge in [0.1, 0.15) is 17.3 Å². The van der Waals surface area contributed by atoms with E-state index in [2.05, 4.69) is 19.4 Å². The van der Waals surface area contributed by atoms with E-state index >= 15 is 0 Å². The van der Waals surface area contributed by atoms with Crippen LogP contribution in [0, 0.1) is 5.82 Å². The highest BCUT2D eigenvalue weighted by Gasteiger charge is 2.30. The molecule has 1 fully saturated rings. The SMILES string of the molecule is O=C(c1nc(-c2cccc(F)c2)n2c1CCCCC2)N1CCN(c2ncccn2)CC1. The summed E-state index contributed by atoms with van der Waals surface area (Å²) in [5.41, 5.74) is 2.22. The number of hydrogen-bond acceptors (Lipinski definition) is 5. The first-order valence-electron chi connectivity index (χ1n) is 10.9. The molecule has 0 aliphatic carbocycles. The lowest BCUT2D eigenvalue weighted by Crippen LogP contribution is -2.49. The molecule has 3 aromatic rings. The molecule has 0 spiro atoms. The van der Waals surface area contributed by atoms with Gasteiger partial charge >= 0.3 is 0 Å². The molecule has 31 heavy (non-hydrogen) atoms. The van der Waals surface area contributed by atoms with Crippen LogP contribution in [-0.4, -0.2) is 56.5 Å². The third-order valence-electron chi connectivity index (χ3n) is 6.06. The van der Waals surface area contributed by atoms with Crippen LogP contribution in [0.2, 0.25) is 0 Å². The van der Waals surface area contributed by atoms with Gasteiger partial charge in [-0.05, 0) is 37.5 Å². The number of nitrogens with zero attached hydrogens (tertiary/aromatic N) is 6. The van der Waals surface area contributed by atoms with Crippen LogP contribution in [0.1, 0.15) is 35.4 Å². The number of carbonyl (C=O) groups is 1. The number of rotatable bonds is 3. The first-order valence-corrected chi connectivity index (χ1v) is 10.9. The van der Waals surface area contributed by atoms with Gasteiger partial charge in [-0.15, -0.1) is 0 Å². The van der Waals surface area contributed by atoms with Crippen LogP contribution in [-0.2, 0) is 13.0 Å². The number of benzene rings is 1. The molecule has 7 nitrogen and oxygen atoms in total. The van der Waals surface area contributed by atoms with Gasteiger partial charge in [0.15, 0.2) is 0 Å². The Balaban J connectivity index is 1.41. The van der Waals surface area contributed by atoms with Gasteiger partial charge in [-0.1, -0.05) is 18.6 Å². The van der Waals surface area contributed by atoms with Crippen LogP contribution in [0.3, 0.4) is 0 Å². The number of carbonyl (C=O) groups excluding carboxylic acids is 1. The molecule has 1 aromatic carbocycles. The standard InChI is InChI=1S/C23H25FN6O/c24-18-7-4-6-17(16-18)21-27-20(19-8-2-1-3-11-30(19)21)22(31)28-12-14-29(15-13-28)23-25-9-5-10-26-23/h4-7,9-10,16H,1-3,8,11-15H2. The summed E-state index contributed by atoms with van der Waals surface area (Å²) in [6.07, 6.45) is 7.47. The Hall–Kier alpha value is -3.29. The minimum atomic E-state index is -0.296. The van der Waals surface area contributed by atoms with Gasteiger partial charge in [0.25, 0.3) is 5.91 Å². The summed E-state index contributed by atoms with van der Waals surface area (Å²) in [7, 11) is 0. The van der Waals surface area contributed by atoms with E-state index in [1.54, 1.807) is 24.5 Å². The smallest absolute Gasteiger partial charge is 0.274 e. The maximum atomic E-state index is 13.9. The molecule has 0 saturated carbocycles.